The molecule has 0 saturated carbocycles. The molecule has 26 heavy (non-hydrogen) atoms. The molecule has 3 N–H and O–H groups in total. The average Bonchev–Trinajstić information content (AvgIpc) is 2.60. The molecule has 3 amide bonds. The van der Waals surface area contributed by atoms with Crippen LogP contribution < -0.4 is 16.1 Å². The van der Waals surface area contributed by atoms with E-state index in [0.29, 0.717) is 5.02 Å². The molecule has 1 saturated heterocycles. The number of hydrogen-bond donors (Lipinski definition) is 3. The molecular formula is C16H21Cl2N5O3. The number of piperazine rings is 1. The molecule has 0 aromatic heterocycles. The van der Waals surface area contributed by atoms with Crippen LogP contribution in [-0.4, -0.2) is 73.9 Å². The van der Waals surface area contributed by atoms with Crippen molar-refractivity contribution in [2.75, 3.05) is 46.3 Å². The number of nitrogens with zero attached hydrogens (tertiary/aromatic N) is 2. The molecule has 1 heterocycles. The number of nitrogens with one attached hydrogen (secondary N) is 3. The van der Waals surface area contributed by atoms with Gasteiger partial charge < -0.3 is 15.5 Å². The van der Waals surface area contributed by atoms with Crippen LogP contribution in [0.15, 0.2) is 18.2 Å². The summed E-state index contributed by atoms with van der Waals surface area (Å²) in [6, 6.07) is 4.45. The second-order valence-electron chi connectivity index (χ2n) is 5.91. The van der Waals surface area contributed by atoms with E-state index in [1.54, 1.807) is 0 Å². The Kier molecular flexibility index (Phi) is 7.65. The lowest BCUT2D eigenvalue weighted by molar-refractivity contribution is -0.129. The van der Waals surface area contributed by atoms with Gasteiger partial charge in [-0.25, -0.2) is 5.01 Å². The normalized spacial score (nSPS) is 15.3. The highest BCUT2D eigenvalue weighted by Gasteiger charge is 2.16. The summed E-state index contributed by atoms with van der Waals surface area (Å²) in [4.78, 5) is 37.8. The number of hydrogen-bond acceptors (Lipinski definition) is 5. The SMILES string of the molecule is CN1CCN(NC(=O)CNC(=O)CNC(=O)c2ccc(Cl)cc2Cl)CC1. The fourth-order valence-corrected chi connectivity index (χ4v) is 2.80. The molecule has 1 aliphatic heterocycles. The van der Waals surface area contributed by atoms with Gasteiger partial charge in [0.15, 0.2) is 0 Å². The predicted molar refractivity (Wildman–Crippen MR) is 99.0 cm³/mol. The summed E-state index contributed by atoms with van der Waals surface area (Å²) in [6.07, 6.45) is 0. The Morgan fingerprint density at radius 1 is 1.00 bits per heavy atom. The first-order valence-corrected chi connectivity index (χ1v) is 8.83. The quantitative estimate of drug-likeness (QED) is 0.629. The first kappa shape index (κ1) is 20.4. The minimum absolute atomic E-state index is 0.164. The lowest BCUT2D eigenvalue weighted by atomic mass is 10.2. The second kappa shape index (κ2) is 9.72. The molecule has 0 spiro atoms. The summed E-state index contributed by atoms with van der Waals surface area (Å²) in [6.45, 7) is 2.77. The molecule has 0 aliphatic carbocycles. The molecule has 0 radical (unpaired) electrons. The van der Waals surface area contributed by atoms with Gasteiger partial charge in [-0.3, -0.25) is 19.8 Å². The van der Waals surface area contributed by atoms with Gasteiger partial charge in [0, 0.05) is 31.2 Å². The predicted octanol–water partition coefficient (Wildman–Crippen LogP) is 0.118. The zero-order chi connectivity index (χ0) is 19.1. The number of hydrazine groups is 1. The van der Waals surface area contributed by atoms with Gasteiger partial charge in [0.1, 0.15) is 0 Å². The van der Waals surface area contributed by atoms with Crippen LogP contribution in [0.5, 0.6) is 0 Å². The standard InChI is InChI=1S/C16H21Cl2N5O3/c1-22-4-6-23(7-5-22)21-15(25)10-19-14(24)9-20-16(26)12-3-2-11(17)8-13(12)18/h2-3,8H,4-7,9-10H2,1H3,(H,19,24)(H,20,26)(H,21,25). The van der Waals surface area contributed by atoms with E-state index < -0.39 is 11.8 Å². The molecule has 142 valence electrons. The highest BCUT2D eigenvalue weighted by atomic mass is 35.5. The van der Waals surface area contributed by atoms with Gasteiger partial charge in [0.2, 0.25) is 5.91 Å². The number of rotatable bonds is 6. The molecule has 0 bridgehead atoms. The maximum atomic E-state index is 12.0. The van der Waals surface area contributed by atoms with Crippen molar-refractivity contribution in [2.24, 2.45) is 0 Å². The fourth-order valence-electron chi connectivity index (χ4n) is 2.30. The van der Waals surface area contributed by atoms with Gasteiger partial charge in [-0.1, -0.05) is 23.2 Å². The number of amides is 3. The van der Waals surface area contributed by atoms with Crippen molar-refractivity contribution < 1.29 is 14.4 Å². The zero-order valence-corrected chi connectivity index (χ0v) is 15.9. The maximum Gasteiger partial charge on any atom is 0.253 e. The summed E-state index contributed by atoms with van der Waals surface area (Å²) in [5.41, 5.74) is 2.95. The van der Waals surface area contributed by atoms with E-state index >= 15 is 0 Å². The molecule has 0 unspecified atom stereocenters. The summed E-state index contributed by atoms with van der Waals surface area (Å²) in [7, 11) is 2.02. The number of likely N-dealkylation sites (N-methyl/N-ethyl adjacent to an activating group) is 1. The van der Waals surface area contributed by atoms with E-state index in [1.807, 2.05) is 12.1 Å². The largest absolute Gasteiger partial charge is 0.345 e. The zero-order valence-electron chi connectivity index (χ0n) is 14.3. The topological polar surface area (TPSA) is 93.8 Å². The van der Waals surface area contributed by atoms with E-state index in [1.165, 1.54) is 18.2 Å². The molecular weight excluding hydrogens is 381 g/mol. The summed E-state index contributed by atoms with van der Waals surface area (Å²) in [5, 5.41) is 7.32. The first-order valence-electron chi connectivity index (χ1n) is 8.08. The third kappa shape index (κ3) is 6.45. The van der Waals surface area contributed by atoms with E-state index in [4.69, 9.17) is 23.2 Å². The number of carbonyl (C=O) groups is 3. The summed E-state index contributed by atoms with van der Waals surface area (Å²) >= 11 is 11.7. The van der Waals surface area contributed by atoms with Crippen molar-refractivity contribution in [1.82, 2.24) is 26.0 Å². The molecule has 2 rings (SSSR count). The van der Waals surface area contributed by atoms with E-state index in [0.717, 1.165) is 26.2 Å². The first-order chi connectivity index (χ1) is 12.3. The Bertz CT molecular complexity index is 678. The lowest BCUT2D eigenvalue weighted by Crippen LogP contribution is -2.54. The van der Waals surface area contributed by atoms with Crippen molar-refractivity contribution in [1.29, 1.82) is 0 Å². The monoisotopic (exact) mass is 401 g/mol. The molecule has 0 atom stereocenters. The summed E-state index contributed by atoms with van der Waals surface area (Å²) in [5.74, 6) is -1.28. The van der Waals surface area contributed by atoms with Gasteiger partial charge in [-0.2, -0.15) is 0 Å². The Labute approximate surface area is 161 Å². The minimum Gasteiger partial charge on any atom is -0.345 e. The van der Waals surface area contributed by atoms with Crippen LogP contribution in [0, 0.1) is 0 Å². The lowest BCUT2D eigenvalue weighted by Gasteiger charge is -2.32. The Balaban J connectivity index is 1.68. The molecule has 8 nitrogen and oxygen atoms in total. The van der Waals surface area contributed by atoms with Crippen molar-refractivity contribution in [3.05, 3.63) is 33.8 Å². The van der Waals surface area contributed by atoms with Gasteiger partial charge in [0.25, 0.3) is 11.8 Å². The van der Waals surface area contributed by atoms with Crippen molar-refractivity contribution in [2.45, 2.75) is 0 Å². The number of carbonyl (C=O) groups excluding carboxylic acids is 3. The van der Waals surface area contributed by atoms with Crippen LogP contribution in [0.1, 0.15) is 10.4 Å². The number of halogens is 2. The Morgan fingerprint density at radius 2 is 1.65 bits per heavy atom. The van der Waals surface area contributed by atoms with Crippen LogP contribution in [0.4, 0.5) is 0 Å². The highest BCUT2D eigenvalue weighted by Crippen LogP contribution is 2.20. The molecule has 10 heteroatoms. The molecule has 1 aromatic rings. The van der Waals surface area contributed by atoms with Crippen LogP contribution >= 0.6 is 23.2 Å². The van der Waals surface area contributed by atoms with Crippen molar-refractivity contribution in [3.63, 3.8) is 0 Å². The average molecular weight is 402 g/mol. The van der Waals surface area contributed by atoms with Gasteiger partial charge in [-0.05, 0) is 25.2 Å². The van der Waals surface area contributed by atoms with E-state index in [-0.39, 0.29) is 29.6 Å². The highest BCUT2D eigenvalue weighted by molar-refractivity contribution is 6.36. The number of benzene rings is 1. The molecule has 1 aromatic carbocycles. The third-order valence-corrected chi connectivity index (χ3v) is 4.37. The Morgan fingerprint density at radius 3 is 2.31 bits per heavy atom. The summed E-state index contributed by atoms with van der Waals surface area (Å²) < 4.78 is 0. The second-order valence-corrected chi connectivity index (χ2v) is 6.75. The maximum absolute atomic E-state index is 12.0. The van der Waals surface area contributed by atoms with Gasteiger partial charge in [-0.15, -0.1) is 0 Å². The van der Waals surface area contributed by atoms with Crippen LogP contribution in [0.2, 0.25) is 10.0 Å². The van der Waals surface area contributed by atoms with Gasteiger partial charge >= 0.3 is 0 Å². The van der Waals surface area contributed by atoms with Crippen LogP contribution in [-0.2, 0) is 9.59 Å². The molecule has 1 aliphatic rings. The van der Waals surface area contributed by atoms with Gasteiger partial charge in [0.05, 0.1) is 23.7 Å². The van der Waals surface area contributed by atoms with Crippen LogP contribution in [0.3, 0.4) is 0 Å². The Hall–Kier alpha value is -1.87. The minimum atomic E-state index is -0.497. The third-order valence-electron chi connectivity index (χ3n) is 3.82. The fraction of sp³-hybridized carbons (Fsp3) is 0.438. The van der Waals surface area contributed by atoms with E-state index in [2.05, 4.69) is 21.0 Å². The van der Waals surface area contributed by atoms with E-state index in [9.17, 15) is 14.4 Å². The van der Waals surface area contributed by atoms with Crippen molar-refractivity contribution >= 4 is 40.9 Å². The van der Waals surface area contributed by atoms with Crippen LogP contribution in [0.25, 0.3) is 0 Å². The van der Waals surface area contributed by atoms with Crippen molar-refractivity contribution in [3.8, 4) is 0 Å². The molecule has 1 fully saturated rings. The smallest absolute Gasteiger partial charge is 0.253 e.